The van der Waals surface area contributed by atoms with E-state index in [1.54, 1.807) is 18.1 Å². The van der Waals surface area contributed by atoms with E-state index in [0.717, 1.165) is 10.1 Å². The van der Waals surface area contributed by atoms with E-state index in [1.807, 2.05) is 12.2 Å². The molecular formula is C6H9N3S2. The molecule has 0 unspecified atom stereocenters. The second-order valence-corrected chi connectivity index (χ2v) is 3.77. The fraction of sp³-hybridized carbons (Fsp3) is 0.333. The van der Waals surface area contributed by atoms with Crippen LogP contribution >= 0.6 is 23.3 Å². The van der Waals surface area contributed by atoms with Crippen molar-refractivity contribution in [3.05, 3.63) is 18.5 Å². The summed E-state index contributed by atoms with van der Waals surface area (Å²) in [5, 5.41) is 0. The van der Waals surface area contributed by atoms with E-state index >= 15 is 0 Å². The monoisotopic (exact) mass is 187 g/mol. The molecule has 1 heterocycles. The van der Waals surface area contributed by atoms with Crippen LogP contribution in [-0.2, 0) is 0 Å². The molecule has 5 heteroatoms. The van der Waals surface area contributed by atoms with Gasteiger partial charge < -0.3 is 5.73 Å². The molecular weight excluding hydrogens is 178 g/mol. The van der Waals surface area contributed by atoms with Gasteiger partial charge in [0.2, 0.25) is 0 Å². The molecule has 0 aromatic carbocycles. The first-order valence-corrected chi connectivity index (χ1v) is 4.94. The number of thioether (sulfide) groups is 1. The first-order valence-electron chi connectivity index (χ1n) is 3.18. The van der Waals surface area contributed by atoms with Gasteiger partial charge in [-0.05, 0) is 11.5 Å². The zero-order chi connectivity index (χ0) is 7.94. The molecule has 0 fully saturated rings. The number of hydrogen-bond donors (Lipinski definition) is 1. The standard InChI is InChI=1S/C6H9N3S2/c7-3-1-2-4-10-6-8-5-9-11-6/h1-2,5H,3-4,7H2/b2-1+. The Morgan fingerprint density at radius 2 is 2.55 bits per heavy atom. The van der Waals surface area contributed by atoms with Crippen molar-refractivity contribution < 1.29 is 0 Å². The molecule has 0 saturated heterocycles. The molecule has 0 bridgehead atoms. The van der Waals surface area contributed by atoms with Crippen LogP contribution in [0.4, 0.5) is 0 Å². The largest absolute Gasteiger partial charge is 0.327 e. The van der Waals surface area contributed by atoms with Crippen molar-refractivity contribution in [2.24, 2.45) is 5.73 Å². The molecule has 1 aromatic rings. The quantitative estimate of drug-likeness (QED) is 0.567. The minimum Gasteiger partial charge on any atom is -0.327 e. The molecule has 0 atom stereocenters. The van der Waals surface area contributed by atoms with Crippen LogP contribution in [0.15, 0.2) is 22.8 Å². The Bertz CT molecular complexity index is 208. The third kappa shape index (κ3) is 3.50. The van der Waals surface area contributed by atoms with Crippen molar-refractivity contribution >= 4 is 23.3 Å². The Morgan fingerprint density at radius 1 is 1.64 bits per heavy atom. The summed E-state index contributed by atoms with van der Waals surface area (Å²) in [7, 11) is 0. The highest BCUT2D eigenvalue weighted by molar-refractivity contribution is 8.01. The Kier molecular flexibility index (Phi) is 4.18. The van der Waals surface area contributed by atoms with Gasteiger partial charge in [0.05, 0.1) is 0 Å². The lowest BCUT2D eigenvalue weighted by Gasteiger charge is -1.87. The molecule has 0 amide bonds. The molecule has 11 heavy (non-hydrogen) atoms. The summed E-state index contributed by atoms with van der Waals surface area (Å²) >= 11 is 3.09. The van der Waals surface area contributed by atoms with E-state index in [9.17, 15) is 0 Å². The minimum atomic E-state index is 0.608. The normalized spacial score (nSPS) is 11.0. The number of nitrogens with zero attached hydrogens (tertiary/aromatic N) is 2. The van der Waals surface area contributed by atoms with Gasteiger partial charge in [-0.3, -0.25) is 0 Å². The van der Waals surface area contributed by atoms with Crippen LogP contribution in [0, 0.1) is 0 Å². The van der Waals surface area contributed by atoms with Crippen molar-refractivity contribution in [2.75, 3.05) is 12.3 Å². The highest BCUT2D eigenvalue weighted by atomic mass is 32.2. The molecule has 2 N–H and O–H groups in total. The van der Waals surface area contributed by atoms with E-state index in [-0.39, 0.29) is 0 Å². The van der Waals surface area contributed by atoms with E-state index < -0.39 is 0 Å². The molecule has 3 nitrogen and oxygen atoms in total. The van der Waals surface area contributed by atoms with Crippen molar-refractivity contribution in [3.63, 3.8) is 0 Å². The molecule has 0 saturated carbocycles. The first-order chi connectivity index (χ1) is 5.43. The predicted molar refractivity (Wildman–Crippen MR) is 48.8 cm³/mol. The molecule has 0 aliphatic carbocycles. The van der Waals surface area contributed by atoms with Gasteiger partial charge in [0, 0.05) is 12.3 Å². The van der Waals surface area contributed by atoms with Crippen LogP contribution in [0.3, 0.4) is 0 Å². The molecule has 0 aliphatic heterocycles. The topological polar surface area (TPSA) is 51.8 Å². The van der Waals surface area contributed by atoms with Crippen molar-refractivity contribution in [1.29, 1.82) is 0 Å². The van der Waals surface area contributed by atoms with E-state index in [2.05, 4.69) is 9.36 Å². The average molecular weight is 187 g/mol. The molecule has 0 radical (unpaired) electrons. The van der Waals surface area contributed by atoms with Gasteiger partial charge in [0.15, 0.2) is 4.34 Å². The van der Waals surface area contributed by atoms with Crippen LogP contribution in [-0.4, -0.2) is 21.7 Å². The molecule has 1 aromatic heterocycles. The molecule has 0 spiro atoms. The fourth-order valence-electron chi connectivity index (χ4n) is 0.510. The van der Waals surface area contributed by atoms with Gasteiger partial charge in [0.25, 0.3) is 0 Å². The van der Waals surface area contributed by atoms with Crippen molar-refractivity contribution in [1.82, 2.24) is 9.36 Å². The average Bonchev–Trinajstić information content (AvgIpc) is 2.50. The summed E-state index contributed by atoms with van der Waals surface area (Å²) in [6.07, 6.45) is 5.54. The summed E-state index contributed by atoms with van der Waals surface area (Å²) in [5.74, 6) is 0.923. The summed E-state index contributed by atoms with van der Waals surface area (Å²) in [6, 6.07) is 0. The zero-order valence-electron chi connectivity index (χ0n) is 5.93. The molecule has 1 rings (SSSR count). The number of hydrogen-bond acceptors (Lipinski definition) is 5. The SMILES string of the molecule is NC/C=C/CSc1ncns1. The maximum absolute atomic E-state index is 5.27. The molecule has 60 valence electrons. The second kappa shape index (κ2) is 5.29. The van der Waals surface area contributed by atoms with Crippen molar-refractivity contribution in [3.8, 4) is 0 Å². The third-order valence-electron chi connectivity index (χ3n) is 0.947. The number of nitrogens with two attached hydrogens (primary N) is 1. The van der Waals surface area contributed by atoms with Gasteiger partial charge in [-0.25, -0.2) is 4.98 Å². The van der Waals surface area contributed by atoms with Gasteiger partial charge in [0.1, 0.15) is 6.33 Å². The summed E-state index contributed by atoms with van der Waals surface area (Å²) in [6.45, 7) is 0.608. The van der Waals surface area contributed by atoms with Gasteiger partial charge in [-0.1, -0.05) is 23.9 Å². The Hall–Kier alpha value is -0.390. The molecule has 0 aliphatic rings. The smallest absolute Gasteiger partial charge is 0.170 e. The maximum Gasteiger partial charge on any atom is 0.170 e. The number of aromatic nitrogens is 2. The van der Waals surface area contributed by atoms with Gasteiger partial charge in [-0.2, -0.15) is 4.37 Å². The van der Waals surface area contributed by atoms with E-state index in [0.29, 0.717) is 6.54 Å². The maximum atomic E-state index is 5.27. The Labute approximate surface area is 73.9 Å². The van der Waals surface area contributed by atoms with E-state index in [1.165, 1.54) is 11.5 Å². The number of rotatable bonds is 4. The summed E-state index contributed by atoms with van der Waals surface area (Å²) in [5.41, 5.74) is 5.27. The lowest BCUT2D eigenvalue weighted by molar-refractivity contribution is 1.21. The highest BCUT2D eigenvalue weighted by Crippen LogP contribution is 2.17. The lowest BCUT2D eigenvalue weighted by Crippen LogP contribution is -1.92. The predicted octanol–water partition coefficient (Wildman–Crippen LogP) is 1.15. The zero-order valence-corrected chi connectivity index (χ0v) is 7.57. The van der Waals surface area contributed by atoms with Crippen LogP contribution in [0.1, 0.15) is 0 Å². The second-order valence-electron chi connectivity index (χ2n) is 1.73. The van der Waals surface area contributed by atoms with Crippen molar-refractivity contribution in [2.45, 2.75) is 4.34 Å². The van der Waals surface area contributed by atoms with Crippen LogP contribution in [0.5, 0.6) is 0 Å². The Balaban J connectivity index is 2.19. The van der Waals surface area contributed by atoms with Crippen LogP contribution in [0.25, 0.3) is 0 Å². The van der Waals surface area contributed by atoms with Gasteiger partial charge in [-0.15, -0.1) is 0 Å². The first kappa shape index (κ1) is 8.70. The fourth-order valence-corrected chi connectivity index (χ4v) is 1.83. The van der Waals surface area contributed by atoms with Gasteiger partial charge >= 0.3 is 0 Å². The van der Waals surface area contributed by atoms with Crippen LogP contribution < -0.4 is 5.73 Å². The minimum absolute atomic E-state index is 0.608. The summed E-state index contributed by atoms with van der Waals surface area (Å²) < 4.78 is 4.89. The Morgan fingerprint density at radius 3 is 3.18 bits per heavy atom. The van der Waals surface area contributed by atoms with E-state index in [4.69, 9.17) is 5.73 Å². The van der Waals surface area contributed by atoms with Crippen LogP contribution in [0.2, 0.25) is 0 Å². The summed E-state index contributed by atoms with van der Waals surface area (Å²) in [4.78, 5) is 4.02. The highest BCUT2D eigenvalue weighted by Gasteiger charge is 1.92. The lowest BCUT2D eigenvalue weighted by atomic mass is 10.5. The third-order valence-corrected chi connectivity index (χ3v) is 2.70.